The average Bonchev–Trinajstić information content (AvgIpc) is 3.00. The van der Waals surface area contributed by atoms with Gasteiger partial charge >= 0.3 is 0 Å². The van der Waals surface area contributed by atoms with Gasteiger partial charge in [0.25, 0.3) is 0 Å². The summed E-state index contributed by atoms with van der Waals surface area (Å²) in [7, 11) is 0. The Morgan fingerprint density at radius 1 is 1.24 bits per heavy atom. The standard InChI is InChI=1S/C15H21NS/c1-17-14-5-3-2-4-12(14)15(16)13-9-10-6-7-11(13)8-10/h2-5,10-11,13,15H,6-9,16H2,1H3. The van der Waals surface area contributed by atoms with Gasteiger partial charge in [-0.25, -0.2) is 0 Å². The minimum absolute atomic E-state index is 0.258. The number of benzene rings is 1. The molecule has 3 rings (SSSR count). The Bertz CT molecular complexity index is 404. The Labute approximate surface area is 108 Å². The van der Waals surface area contributed by atoms with Gasteiger partial charge in [-0.2, -0.15) is 0 Å². The van der Waals surface area contributed by atoms with Crippen LogP contribution in [0.5, 0.6) is 0 Å². The van der Waals surface area contributed by atoms with Gasteiger partial charge in [0.05, 0.1) is 0 Å². The van der Waals surface area contributed by atoms with E-state index in [-0.39, 0.29) is 6.04 Å². The highest BCUT2D eigenvalue weighted by Crippen LogP contribution is 2.52. The summed E-state index contributed by atoms with van der Waals surface area (Å²) in [5.41, 5.74) is 7.92. The second kappa shape index (κ2) is 4.66. The number of fused-ring (bicyclic) bond motifs is 2. The fourth-order valence-electron chi connectivity index (χ4n) is 3.91. The molecule has 2 bridgehead atoms. The minimum atomic E-state index is 0.258. The summed E-state index contributed by atoms with van der Waals surface area (Å²) in [6.45, 7) is 0. The van der Waals surface area contributed by atoms with Crippen LogP contribution in [-0.4, -0.2) is 6.26 Å². The molecule has 0 heterocycles. The van der Waals surface area contributed by atoms with Gasteiger partial charge in [0.2, 0.25) is 0 Å². The maximum Gasteiger partial charge on any atom is 0.0337 e. The molecule has 0 saturated heterocycles. The third kappa shape index (κ3) is 2.02. The van der Waals surface area contributed by atoms with Gasteiger partial charge in [0.15, 0.2) is 0 Å². The lowest BCUT2D eigenvalue weighted by Gasteiger charge is -2.29. The van der Waals surface area contributed by atoms with Crippen LogP contribution < -0.4 is 5.73 Å². The van der Waals surface area contributed by atoms with E-state index in [9.17, 15) is 0 Å². The van der Waals surface area contributed by atoms with Crippen LogP contribution in [0, 0.1) is 17.8 Å². The van der Waals surface area contributed by atoms with Crippen LogP contribution in [0.25, 0.3) is 0 Å². The van der Waals surface area contributed by atoms with Gasteiger partial charge in [0.1, 0.15) is 0 Å². The van der Waals surface area contributed by atoms with E-state index in [1.54, 1.807) is 0 Å². The zero-order valence-electron chi connectivity index (χ0n) is 10.4. The highest BCUT2D eigenvalue weighted by Gasteiger charge is 2.42. The van der Waals surface area contributed by atoms with Gasteiger partial charge in [-0.05, 0) is 54.9 Å². The minimum Gasteiger partial charge on any atom is -0.324 e. The van der Waals surface area contributed by atoms with Crippen LogP contribution in [0.1, 0.15) is 37.3 Å². The summed E-state index contributed by atoms with van der Waals surface area (Å²) in [6.07, 6.45) is 7.84. The molecule has 2 fully saturated rings. The third-order valence-electron chi connectivity index (χ3n) is 4.75. The highest BCUT2D eigenvalue weighted by atomic mass is 32.2. The molecule has 1 aromatic rings. The summed E-state index contributed by atoms with van der Waals surface area (Å²) >= 11 is 1.82. The Hall–Kier alpha value is -0.470. The van der Waals surface area contributed by atoms with Gasteiger partial charge in [-0.3, -0.25) is 0 Å². The Morgan fingerprint density at radius 2 is 2.06 bits per heavy atom. The SMILES string of the molecule is CSc1ccccc1C(N)C1CC2CCC1C2. The molecule has 2 N–H and O–H groups in total. The number of thioether (sulfide) groups is 1. The summed E-state index contributed by atoms with van der Waals surface area (Å²) < 4.78 is 0. The second-order valence-corrected chi connectivity index (χ2v) is 6.45. The van der Waals surface area contributed by atoms with Crippen LogP contribution >= 0.6 is 11.8 Å². The first-order valence-corrected chi connectivity index (χ1v) is 7.90. The lowest BCUT2D eigenvalue weighted by molar-refractivity contribution is 0.282. The van der Waals surface area contributed by atoms with E-state index in [2.05, 4.69) is 30.5 Å². The van der Waals surface area contributed by atoms with E-state index in [0.29, 0.717) is 0 Å². The molecule has 92 valence electrons. The molecule has 0 spiro atoms. The average molecular weight is 247 g/mol. The van der Waals surface area contributed by atoms with Gasteiger partial charge in [0, 0.05) is 10.9 Å². The molecule has 0 aromatic heterocycles. The molecular formula is C15H21NS. The number of nitrogens with two attached hydrogens (primary N) is 1. The van der Waals surface area contributed by atoms with Gasteiger partial charge in [-0.15, -0.1) is 11.8 Å². The van der Waals surface area contributed by atoms with E-state index in [1.807, 2.05) is 11.8 Å². The van der Waals surface area contributed by atoms with Crippen molar-refractivity contribution < 1.29 is 0 Å². The molecule has 2 heteroatoms. The van der Waals surface area contributed by atoms with Crippen molar-refractivity contribution in [3.8, 4) is 0 Å². The van der Waals surface area contributed by atoms with Crippen LogP contribution in [0.2, 0.25) is 0 Å². The highest BCUT2D eigenvalue weighted by molar-refractivity contribution is 7.98. The largest absolute Gasteiger partial charge is 0.324 e. The molecule has 0 aliphatic heterocycles. The molecular weight excluding hydrogens is 226 g/mol. The summed E-state index contributed by atoms with van der Waals surface area (Å²) in [6, 6.07) is 8.93. The third-order valence-corrected chi connectivity index (χ3v) is 5.56. The Morgan fingerprint density at radius 3 is 2.71 bits per heavy atom. The first-order chi connectivity index (χ1) is 8.29. The maximum atomic E-state index is 6.55. The lowest BCUT2D eigenvalue weighted by atomic mass is 9.81. The molecule has 0 radical (unpaired) electrons. The van der Waals surface area contributed by atoms with Crippen LogP contribution in [0.4, 0.5) is 0 Å². The van der Waals surface area contributed by atoms with E-state index in [4.69, 9.17) is 5.73 Å². The quantitative estimate of drug-likeness (QED) is 0.821. The van der Waals surface area contributed by atoms with Crippen LogP contribution in [0.3, 0.4) is 0 Å². The molecule has 1 nitrogen and oxygen atoms in total. The van der Waals surface area contributed by atoms with Crippen molar-refractivity contribution in [1.82, 2.24) is 0 Å². The Balaban J connectivity index is 1.84. The molecule has 1 aromatic carbocycles. The first kappa shape index (κ1) is 11.6. The zero-order chi connectivity index (χ0) is 11.8. The molecule has 2 aliphatic rings. The number of hydrogen-bond acceptors (Lipinski definition) is 2. The zero-order valence-corrected chi connectivity index (χ0v) is 11.2. The molecule has 0 amide bonds. The summed E-state index contributed by atoms with van der Waals surface area (Å²) in [5, 5.41) is 0. The van der Waals surface area contributed by atoms with E-state index >= 15 is 0 Å². The molecule has 4 unspecified atom stereocenters. The number of rotatable bonds is 3. The lowest BCUT2D eigenvalue weighted by Crippen LogP contribution is -2.26. The monoisotopic (exact) mass is 247 g/mol. The van der Waals surface area contributed by atoms with Crippen molar-refractivity contribution in [3.05, 3.63) is 29.8 Å². The van der Waals surface area contributed by atoms with Crippen molar-refractivity contribution in [1.29, 1.82) is 0 Å². The Kier molecular flexibility index (Phi) is 3.18. The topological polar surface area (TPSA) is 26.0 Å². The predicted octanol–water partition coefficient (Wildman–Crippen LogP) is 3.84. The van der Waals surface area contributed by atoms with Crippen molar-refractivity contribution in [2.24, 2.45) is 23.5 Å². The molecule has 2 aliphatic carbocycles. The van der Waals surface area contributed by atoms with E-state index < -0.39 is 0 Å². The molecule has 17 heavy (non-hydrogen) atoms. The van der Waals surface area contributed by atoms with E-state index in [1.165, 1.54) is 36.1 Å². The second-order valence-electron chi connectivity index (χ2n) is 5.61. The van der Waals surface area contributed by atoms with Crippen molar-refractivity contribution in [2.75, 3.05) is 6.26 Å². The predicted molar refractivity (Wildman–Crippen MR) is 74.1 cm³/mol. The normalized spacial score (nSPS) is 32.9. The van der Waals surface area contributed by atoms with Crippen molar-refractivity contribution in [2.45, 2.75) is 36.6 Å². The molecule has 2 saturated carbocycles. The number of hydrogen-bond donors (Lipinski definition) is 1. The summed E-state index contributed by atoms with van der Waals surface area (Å²) in [5.74, 6) is 2.63. The van der Waals surface area contributed by atoms with Gasteiger partial charge < -0.3 is 5.73 Å². The first-order valence-electron chi connectivity index (χ1n) is 6.68. The van der Waals surface area contributed by atoms with Gasteiger partial charge in [-0.1, -0.05) is 24.6 Å². The maximum absolute atomic E-state index is 6.55. The van der Waals surface area contributed by atoms with Crippen molar-refractivity contribution >= 4 is 11.8 Å². The fourth-order valence-corrected chi connectivity index (χ4v) is 4.56. The fraction of sp³-hybridized carbons (Fsp3) is 0.600. The smallest absolute Gasteiger partial charge is 0.0337 e. The summed E-state index contributed by atoms with van der Waals surface area (Å²) in [4.78, 5) is 1.36. The molecule has 4 atom stereocenters. The van der Waals surface area contributed by atoms with Crippen LogP contribution in [0.15, 0.2) is 29.2 Å². The van der Waals surface area contributed by atoms with Crippen LogP contribution in [-0.2, 0) is 0 Å². The van der Waals surface area contributed by atoms with Crippen molar-refractivity contribution in [3.63, 3.8) is 0 Å². The van der Waals surface area contributed by atoms with E-state index in [0.717, 1.165) is 17.8 Å².